The molecule has 0 bridgehead atoms. The molecule has 1 aromatic carbocycles. The van der Waals surface area contributed by atoms with Crippen LogP contribution in [0, 0.1) is 0 Å². The molecule has 2 aliphatic heterocycles. The van der Waals surface area contributed by atoms with Crippen LogP contribution in [0.3, 0.4) is 0 Å². The number of ether oxygens (including phenoxy) is 1. The van der Waals surface area contributed by atoms with Crippen molar-refractivity contribution in [3.8, 4) is 0 Å². The Morgan fingerprint density at radius 3 is 2.81 bits per heavy atom. The molecule has 3 nitrogen and oxygen atoms in total. The Hall–Kier alpha value is -0.900. The highest BCUT2D eigenvalue weighted by atomic mass is 16.5. The van der Waals surface area contributed by atoms with Crippen LogP contribution in [0.25, 0.3) is 0 Å². The van der Waals surface area contributed by atoms with Gasteiger partial charge in [-0.3, -0.25) is 4.90 Å². The summed E-state index contributed by atoms with van der Waals surface area (Å²) in [5.74, 6) is 0. The maximum Gasteiger partial charge on any atom is 0.0702 e. The summed E-state index contributed by atoms with van der Waals surface area (Å²) in [4.78, 5) is 2.61. The molecule has 0 spiro atoms. The van der Waals surface area contributed by atoms with E-state index in [1.807, 2.05) is 0 Å². The summed E-state index contributed by atoms with van der Waals surface area (Å²) in [6, 6.07) is 11.4. The largest absolute Gasteiger partial charge is 0.377 e. The number of nitrogens with zero attached hydrogens (tertiary/aromatic N) is 1. The Labute approximate surface area is 128 Å². The third-order valence-corrected chi connectivity index (χ3v) is 5.05. The molecule has 3 unspecified atom stereocenters. The highest BCUT2D eigenvalue weighted by molar-refractivity contribution is 5.25. The predicted molar refractivity (Wildman–Crippen MR) is 86.4 cm³/mol. The van der Waals surface area contributed by atoms with Gasteiger partial charge in [0.25, 0.3) is 0 Å². The fraction of sp³-hybridized carbons (Fsp3) is 0.667. The van der Waals surface area contributed by atoms with Gasteiger partial charge in [0.05, 0.1) is 11.6 Å². The third-order valence-electron chi connectivity index (χ3n) is 5.05. The monoisotopic (exact) mass is 288 g/mol. The Balaban J connectivity index is 1.69. The van der Waals surface area contributed by atoms with Crippen molar-refractivity contribution >= 4 is 0 Å². The molecular weight excluding hydrogens is 260 g/mol. The summed E-state index contributed by atoms with van der Waals surface area (Å²) in [7, 11) is 0. The fourth-order valence-electron chi connectivity index (χ4n) is 3.58. The average molecular weight is 288 g/mol. The van der Waals surface area contributed by atoms with Gasteiger partial charge < -0.3 is 10.1 Å². The average Bonchev–Trinajstić information content (AvgIpc) is 2.53. The van der Waals surface area contributed by atoms with Crippen LogP contribution < -0.4 is 5.32 Å². The lowest BCUT2D eigenvalue weighted by Gasteiger charge is -2.46. The van der Waals surface area contributed by atoms with E-state index < -0.39 is 0 Å². The van der Waals surface area contributed by atoms with E-state index in [0.29, 0.717) is 12.1 Å². The van der Waals surface area contributed by atoms with Crippen LogP contribution in [-0.2, 0) is 10.3 Å². The molecule has 2 heterocycles. The molecule has 1 aromatic rings. The molecule has 2 aliphatic rings. The van der Waals surface area contributed by atoms with Gasteiger partial charge in [-0.25, -0.2) is 0 Å². The topological polar surface area (TPSA) is 24.5 Å². The van der Waals surface area contributed by atoms with Crippen LogP contribution in [0.1, 0.15) is 38.7 Å². The summed E-state index contributed by atoms with van der Waals surface area (Å²) < 4.78 is 5.94. The molecule has 3 heteroatoms. The van der Waals surface area contributed by atoms with Crippen molar-refractivity contribution in [1.82, 2.24) is 10.2 Å². The molecule has 3 rings (SSSR count). The highest BCUT2D eigenvalue weighted by Crippen LogP contribution is 2.27. The van der Waals surface area contributed by atoms with Gasteiger partial charge in [-0.15, -0.1) is 0 Å². The van der Waals surface area contributed by atoms with E-state index in [9.17, 15) is 0 Å². The van der Waals surface area contributed by atoms with E-state index >= 15 is 0 Å². The van der Waals surface area contributed by atoms with E-state index in [4.69, 9.17) is 4.74 Å². The molecule has 2 saturated heterocycles. The van der Waals surface area contributed by atoms with E-state index in [0.717, 1.165) is 26.2 Å². The SMILES string of the molecule is CC1CNC(C)(c2ccccc2)CN1CC1CCCCO1. The zero-order valence-electron chi connectivity index (χ0n) is 13.3. The fourth-order valence-corrected chi connectivity index (χ4v) is 3.58. The second kappa shape index (κ2) is 6.47. The molecule has 0 aliphatic carbocycles. The maximum atomic E-state index is 5.94. The van der Waals surface area contributed by atoms with E-state index in [2.05, 4.69) is 54.4 Å². The van der Waals surface area contributed by atoms with Gasteiger partial charge in [0, 0.05) is 32.3 Å². The normalized spacial score (nSPS) is 34.8. The zero-order chi connectivity index (χ0) is 14.7. The third kappa shape index (κ3) is 3.47. The lowest BCUT2D eigenvalue weighted by Crippen LogP contribution is -2.61. The molecule has 3 atom stereocenters. The van der Waals surface area contributed by atoms with Crippen LogP contribution in [-0.4, -0.2) is 43.3 Å². The quantitative estimate of drug-likeness (QED) is 0.925. The molecule has 0 radical (unpaired) electrons. The first kappa shape index (κ1) is 15.0. The van der Waals surface area contributed by atoms with Gasteiger partial charge in [-0.05, 0) is 38.7 Å². The molecule has 21 heavy (non-hydrogen) atoms. The Morgan fingerprint density at radius 1 is 1.29 bits per heavy atom. The molecule has 1 N–H and O–H groups in total. The zero-order valence-corrected chi connectivity index (χ0v) is 13.3. The number of hydrogen-bond acceptors (Lipinski definition) is 3. The number of piperazine rings is 1. The Bertz CT molecular complexity index is 444. The maximum absolute atomic E-state index is 5.94. The van der Waals surface area contributed by atoms with E-state index in [1.165, 1.54) is 24.8 Å². The standard InChI is InChI=1S/C18H28N2O/c1-15-12-19-18(2,16-8-4-3-5-9-16)14-20(15)13-17-10-6-7-11-21-17/h3-5,8-9,15,17,19H,6-7,10-14H2,1-2H3. The van der Waals surface area contributed by atoms with Gasteiger partial charge in [0.15, 0.2) is 0 Å². The molecule has 0 aromatic heterocycles. The van der Waals surface area contributed by atoms with Crippen LogP contribution >= 0.6 is 0 Å². The number of benzene rings is 1. The molecular formula is C18H28N2O. The van der Waals surface area contributed by atoms with Crippen molar-refractivity contribution in [3.63, 3.8) is 0 Å². The number of nitrogens with one attached hydrogen (secondary N) is 1. The van der Waals surface area contributed by atoms with Gasteiger partial charge in [0.1, 0.15) is 0 Å². The first-order chi connectivity index (χ1) is 10.2. The van der Waals surface area contributed by atoms with Crippen molar-refractivity contribution < 1.29 is 4.74 Å². The number of hydrogen-bond donors (Lipinski definition) is 1. The molecule has 0 amide bonds. The van der Waals surface area contributed by atoms with Gasteiger partial charge in [0.2, 0.25) is 0 Å². The van der Waals surface area contributed by atoms with Crippen molar-refractivity contribution in [2.75, 3.05) is 26.2 Å². The lowest BCUT2D eigenvalue weighted by atomic mass is 9.88. The van der Waals surface area contributed by atoms with Crippen molar-refractivity contribution in [1.29, 1.82) is 0 Å². The lowest BCUT2D eigenvalue weighted by molar-refractivity contribution is -0.0264. The van der Waals surface area contributed by atoms with E-state index in [1.54, 1.807) is 0 Å². The van der Waals surface area contributed by atoms with Crippen molar-refractivity contribution in [2.24, 2.45) is 0 Å². The van der Waals surface area contributed by atoms with Crippen molar-refractivity contribution in [2.45, 2.75) is 50.8 Å². The Morgan fingerprint density at radius 2 is 2.10 bits per heavy atom. The Kier molecular flexibility index (Phi) is 4.63. The molecule has 2 fully saturated rings. The minimum absolute atomic E-state index is 0.0441. The first-order valence-corrected chi connectivity index (χ1v) is 8.33. The van der Waals surface area contributed by atoms with Gasteiger partial charge >= 0.3 is 0 Å². The summed E-state index contributed by atoms with van der Waals surface area (Å²) in [5, 5.41) is 3.75. The summed E-state index contributed by atoms with van der Waals surface area (Å²) >= 11 is 0. The second-order valence-electron chi connectivity index (χ2n) is 6.85. The smallest absolute Gasteiger partial charge is 0.0702 e. The minimum atomic E-state index is 0.0441. The second-order valence-corrected chi connectivity index (χ2v) is 6.85. The number of rotatable bonds is 3. The summed E-state index contributed by atoms with van der Waals surface area (Å²) in [6.07, 6.45) is 4.20. The van der Waals surface area contributed by atoms with Crippen molar-refractivity contribution in [3.05, 3.63) is 35.9 Å². The van der Waals surface area contributed by atoms with Crippen LogP contribution in [0.15, 0.2) is 30.3 Å². The van der Waals surface area contributed by atoms with Crippen LogP contribution in [0.5, 0.6) is 0 Å². The highest BCUT2D eigenvalue weighted by Gasteiger charge is 2.36. The summed E-state index contributed by atoms with van der Waals surface area (Å²) in [6.45, 7) is 8.76. The van der Waals surface area contributed by atoms with Crippen LogP contribution in [0.2, 0.25) is 0 Å². The molecule has 116 valence electrons. The van der Waals surface area contributed by atoms with Crippen LogP contribution in [0.4, 0.5) is 0 Å². The van der Waals surface area contributed by atoms with E-state index in [-0.39, 0.29) is 5.54 Å². The predicted octanol–water partition coefficient (Wildman–Crippen LogP) is 2.76. The summed E-state index contributed by atoms with van der Waals surface area (Å²) in [5.41, 5.74) is 1.43. The van der Waals surface area contributed by atoms with Gasteiger partial charge in [-0.1, -0.05) is 30.3 Å². The van der Waals surface area contributed by atoms with Gasteiger partial charge in [-0.2, -0.15) is 0 Å². The minimum Gasteiger partial charge on any atom is -0.377 e. The first-order valence-electron chi connectivity index (χ1n) is 8.33. The molecule has 0 saturated carbocycles.